The number of nitrogens with zero attached hydrogens (tertiary/aromatic N) is 8. The van der Waals surface area contributed by atoms with Crippen molar-refractivity contribution in [3.8, 4) is 0 Å². The summed E-state index contributed by atoms with van der Waals surface area (Å²) in [5.74, 6) is -0.491. The molecule has 0 radical (unpaired) electrons. The van der Waals surface area contributed by atoms with E-state index >= 15 is 8.78 Å². The van der Waals surface area contributed by atoms with E-state index in [-0.39, 0.29) is 46.8 Å². The van der Waals surface area contributed by atoms with Gasteiger partial charge >= 0.3 is 27.4 Å². The second-order valence-electron chi connectivity index (χ2n) is 15.7. The van der Waals surface area contributed by atoms with Gasteiger partial charge in [0.25, 0.3) is 0 Å². The minimum Gasteiger partial charge on any atom is -0.438 e. The molecule has 0 spiro atoms. The third-order valence-electron chi connectivity index (χ3n) is 11.0. The van der Waals surface area contributed by atoms with Crippen LogP contribution >= 0.6 is 15.4 Å². The molecule has 10 atom stereocenters. The molecular formula is C39H54F2N10O13P2. The Hall–Kier alpha value is -4.58. The lowest BCUT2D eigenvalue weighted by Crippen LogP contribution is -2.35. The van der Waals surface area contributed by atoms with Gasteiger partial charge in [0.2, 0.25) is 13.6 Å². The van der Waals surface area contributed by atoms with Crippen LogP contribution in [0.15, 0.2) is 37.2 Å². The molecule has 362 valence electrons. The fourth-order valence-corrected chi connectivity index (χ4v) is 10.2. The molecule has 4 N–H and O–H groups in total. The highest BCUT2D eigenvalue weighted by Crippen LogP contribution is 2.58. The Bertz CT molecular complexity index is 2410. The zero-order chi connectivity index (χ0) is 46.8. The molecule has 0 aliphatic carbocycles. The minimum atomic E-state index is -5.07. The molecule has 0 amide bonds. The number of ether oxygens (including phenoxy) is 4. The largest absolute Gasteiger partial charge is 0.478 e. The Labute approximate surface area is 377 Å². The van der Waals surface area contributed by atoms with Gasteiger partial charge in [-0.2, -0.15) is 0 Å². The van der Waals surface area contributed by atoms with E-state index in [1.165, 1.54) is 21.8 Å². The van der Waals surface area contributed by atoms with Crippen LogP contribution in [0.5, 0.6) is 0 Å². The summed E-state index contributed by atoms with van der Waals surface area (Å²) in [6, 6.07) is 0. The lowest BCUT2D eigenvalue weighted by molar-refractivity contribution is -0.152. The molecule has 0 bridgehead atoms. The first-order valence-corrected chi connectivity index (χ1v) is 24.9. The first-order valence-electron chi connectivity index (χ1n) is 21.8. The van der Waals surface area contributed by atoms with Gasteiger partial charge in [0.05, 0.1) is 19.3 Å². The van der Waals surface area contributed by atoms with Crippen molar-refractivity contribution < 1.29 is 69.1 Å². The molecule has 4 aromatic heterocycles. The van der Waals surface area contributed by atoms with E-state index < -0.39 is 96.8 Å². The Kier molecular flexibility index (Phi) is 16.8. The quantitative estimate of drug-likeness (QED) is 0.0404. The molecule has 7 rings (SSSR count). The van der Waals surface area contributed by atoms with Gasteiger partial charge in [0.15, 0.2) is 47.7 Å². The van der Waals surface area contributed by atoms with Gasteiger partial charge in [-0.05, 0) is 18.9 Å². The number of fused-ring (bicyclic) bond motifs is 4. The summed E-state index contributed by atoms with van der Waals surface area (Å²) in [6.45, 7) is 1.40. The number of carbonyl (C=O) groups is 2. The number of unbranched alkanes of at least 4 members (excludes halogenated alkanes) is 8. The topological polar surface area (TPSA) is 291 Å². The number of hydrogen-bond acceptors (Lipinski definition) is 21. The average Bonchev–Trinajstić information content (AvgIpc) is 4.06. The first-order chi connectivity index (χ1) is 31.8. The second kappa shape index (κ2) is 22.5. The molecule has 0 aromatic carbocycles. The zero-order valence-corrected chi connectivity index (χ0v) is 38.2. The van der Waals surface area contributed by atoms with Crippen LogP contribution < -0.4 is 11.5 Å². The minimum absolute atomic E-state index is 0.0102. The fourth-order valence-electron chi connectivity index (χ4n) is 7.53. The molecule has 2 fully saturated rings. The van der Waals surface area contributed by atoms with Crippen molar-refractivity contribution in [2.75, 3.05) is 31.7 Å². The van der Waals surface area contributed by atoms with Gasteiger partial charge in [-0.15, -0.1) is 0 Å². The third kappa shape index (κ3) is 11.7. The third-order valence-corrected chi connectivity index (χ3v) is 14.0. The number of phosphoric ester groups is 1. The molecule has 23 nitrogen and oxygen atoms in total. The van der Waals surface area contributed by atoms with Crippen molar-refractivity contribution >= 4 is 61.3 Å². The van der Waals surface area contributed by atoms with Gasteiger partial charge in [0.1, 0.15) is 48.1 Å². The maximum atomic E-state index is 16.9. The number of aromatic nitrogens is 8. The van der Waals surface area contributed by atoms with Crippen LogP contribution in [0.3, 0.4) is 0 Å². The van der Waals surface area contributed by atoms with Gasteiger partial charge < -0.3 is 30.4 Å². The number of imidazole rings is 2. The number of nitrogen functional groups attached to an aromatic ring is 2. The number of esters is 2. The van der Waals surface area contributed by atoms with E-state index in [4.69, 9.17) is 53.0 Å². The molecule has 3 aliphatic heterocycles. The van der Waals surface area contributed by atoms with Crippen LogP contribution in [0.25, 0.3) is 22.3 Å². The summed E-state index contributed by atoms with van der Waals surface area (Å²) in [5.41, 5.74) is 12.3. The van der Waals surface area contributed by atoms with Gasteiger partial charge in [-0.1, -0.05) is 65.2 Å². The molecule has 7 heterocycles. The monoisotopic (exact) mass is 970 g/mol. The Morgan fingerprint density at radius 1 is 0.712 bits per heavy atom. The van der Waals surface area contributed by atoms with E-state index in [1.807, 2.05) is 0 Å². The molecule has 3 aliphatic rings. The summed E-state index contributed by atoms with van der Waals surface area (Å²) < 4.78 is 117. The van der Waals surface area contributed by atoms with Gasteiger partial charge in [0, 0.05) is 18.7 Å². The van der Waals surface area contributed by atoms with E-state index in [0.29, 0.717) is 12.8 Å². The highest BCUT2D eigenvalue weighted by atomic mass is 31.2. The summed E-state index contributed by atoms with van der Waals surface area (Å²) in [7, 11) is -9.85. The number of phosphoric acid groups is 1. The van der Waals surface area contributed by atoms with E-state index in [9.17, 15) is 18.7 Å². The van der Waals surface area contributed by atoms with Crippen LogP contribution in [-0.4, -0.2) is 108 Å². The second-order valence-corrected chi connectivity index (χ2v) is 19.2. The highest BCUT2D eigenvalue weighted by Gasteiger charge is 2.54. The highest BCUT2D eigenvalue weighted by molar-refractivity contribution is 7.57. The molecule has 0 saturated carbocycles. The average molecular weight is 971 g/mol. The van der Waals surface area contributed by atoms with Crippen LogP contribution in [0.1, 0.15) is 103 Å². The molecule has 2 saturated heterocycles. The predicted octanol–water partition coefficient (Wildman–Crippen LogP) is 6.67. The van der Waals surface area contributed by atoms with Crippen molar-refractivity contribution in [1.82, 2.24) is 39.0 Å². The Morgan fingerprint density at radius 2 is 1.24 bits per heavy atom. The number of anilines is 2. The lowest BCUT2D eigenvalue weighted by atomic mass is 10.1. The maximum Gasteiger partial charge on any atom is 0.478 e. The SMILES string of the molecule is CCCCCCCC(=O)OCOP1(=O)/C=C/[C@H]2O[C@@H](n3cnc4c(N)ncnc43)[C@H](F)[C@@H]2OP(=O)(OCOC(=O)CCCCCCC)OC[C@H]2O[C@@H](n3cnc4c(N)ncnc43)[C@H](F)[C@@H]2O1. The van der Waals surface area contributed by atoms with Crippen LogP contribution in [-0.2, 0) is 60.3 Å². The van der Waals surface area contributed by atoms with Crippen molar-refractivity contribution in [2.24, 2.45) is 0 Å². The smallest absolute Gasteiger partial charge is 0.438 e. The summed E-state index contributed by atoms with van der Waals surface area (Å²) in [6.07, 6.45) is -0.318. The molecule has 27 heteroatoms. The number of hydrogen-bond donors (Lipinski definition) is 2. The lowest BCUT2D eigenvalue weighted by Gasteiger charge is -2.28. The molecule has 66 heavy (non-hydrogen) atoms. The van der Waals surface area contributed by atoms with Gasteiger partial charge in [-0.25, -0.2) is 47.8 Å². The summed E-state index contributed by atoms with van der Waals surface area (Å²) in [5, 5.41) is 0. The predicted molar refractivity (Wildman–Crippen MR) is 228 cm³/mol. The summed E-state index contributed by atoms with van der Waals surface area (Å²) in [4.78, 5) is 49.7. The van der Waals surface area contributed by atoms with E-state index in [2.05, 4.69) is 43.8 Å². The zero-order valence-electron chi connectivity index (χ0n) is 36.4. The number of alkyl halides is 2. The Morgan fingerprint density at radius 3 is 1.82 bits per heavy atom. The van der Waals surface area contributed by atoms with E-state index in [0.717, 1.165) is 75.9 Å². The van der Waals surface area contributed by atoms with Crippen LogP contribution in [0.2, 0.25) is 0 Å². The first kappa shape index (κ1) is 49.3. The van der Waals surface area contributed by atoms with Gasteiger partial charge in [-0.3, -0.25) is 41.4 Å². The standard InChI is InChI=1S/C39H54F2N10O13P2/c1-3-5-7-9-11-13-26(52)56-22-59-65(54)16-15-24-32(28(40)38(61-24)50-20-48-30-34(42)44-18-46-36(30)50)64-66(55,60-23-57-27(53)14-12-10-8-6-4-2)58-17-25-33(63-65)29(41)39(62-25)51-21-49-31-35(43)45-19-47-37(31)51/h15-16,18-21,24-25,28-29,32-33,38-39H,3-14,17,22-23H2,1-2H3,(H2,42,44,46)(H2,43,45,47)/b16-15+/t24-,25-,28-,29-,32-,33-,38-,39-,65?,66?/m1/s1. The maximum absolute atomic E-state index is 16.9. The molecule has 2 unspecified atom stereocenters. The van der Waals surface area contributed by atoms with Crippen molar-refractivity contribution in [3.63, 3.8) is 0 Å². The Balaban J connectivity index is 1.19. The summed E-state index contributed by atoms with van der Waals surface area (Å²) >= 11 is 0. The number of halogens is 2. The molecule has 4 aromatic rings. The van der Waals surface area contributed by atoms with Crippen LogP contribution in [0.4, 0.5) is 20.4 Å². The normalized spacial score (nSPS) is 29.5. The number of rotatable bonds is 20. The van der Waals surface area contributed by atoms with Crippen molar-refractivity contribution in [2.45, 2.75) is 140 Å². The number of carbonyl (C=O) groups excluding carboxylic acids is 2. The van der Waals surface area contributed by atoms with Crippen molar-refractivity contribution in [1.29, 1.82) is 0 Å². The number of nitrogens with two attached hydrogens (primary N) is 2. The van der Waals surface area contributed by atoms with E-state index in [1.54, 1.807) is 0 Å². The van der Waals surface area contributed by atoms with Crippen molar-refractivity contribution in [3.05, 3.63) is 37.2 Å². The fraction of sp³-hybridized carbons (Fsp3) is 0.641. The molecular weight excluding hydrogens is 916 g/mol. The van der Waals surface area contributed by atoms with Crippen LogP contribution in [0, 0.1) is 0 Å².